The number of nitrogens with zero attached hydrogens (tertiary/aromatic N) is 1. The summed E-state index contributed by atoms with van der Waals surface area (Å²) in [6, 6.07) is 9.60. The molecule has 0 aliphatic heterocycles. The second-order valence-corrected chi connectivity index (χ2v) is 6.87. The zero-order valence-electron chi connectivity index (χ0n) is 11.1. The number of nitrogens with two attached hydrogens (primary N) is 1. The predicted octanol–water partition coefficient (Wildman–Crippen LogP) is 1.56. The topological polar surface area (TPSA) is 63.4 Å². The van der Waals surface area contributed by atoms with Crippen molar-refractivity contribution in [1.29, 1.82) is 0 Å². The second-order valence-electron chi connectivity index (χ2n) is 4.26. The van der Waals surface area contributed by atoms with Crippen molar-refractivity contribution in [2.45, 2.75) is 19.8 Å². The number of benzene rings is 1. The van der Waals surface area contributed by atoms with Crippen LogP contribution in [-0.4, -0.2) is 36.6 Å². The number of aryl methyl sites for hydroxylation is 1. The quantitative estimate of drug-likeness (QED) is 0.740. The molecular formula is C13H20N2O2S2. The molecule has 6 heteroatoms. The molecule has 1 aromatic carbocycles. The minimum atomic E-state index is -3.25. The minimum Gasteiger partial charge on any atom is -0.393 e. The van der Waals surface area contributed by atoms with E-state index in [1.807, 2.05) is 37.3 Å². The highest BCUT2D eigenvalue weighted by Gasteiger charge is 2.19. The Morgan fingerprint density at radius 2 is 1.95 bits per heavy atom. The number of thiocarbonyl (C=S) groups is 1. The van der Waals surface area contributed by atoms with E-state index in [0.717, 1.165) is 5.56 Å². The van der Waals surface area contributed by atoms with Crippen molar-refractivity contribution in [3.63, 3.8) is 0 Å². The maximum absolute atomic E-state index is 12.2. The van der Waals surface area contributed by atoms with Gasteiger partial charge in [0.25, 0.3) is 0 Å². The Morgan fingerprint density at radius 1 is 1.32 bits per heavy atom. The molecule has 0 radical (unpaired) electrons. The minimum absolute atomic E-state index is 0.113. The van der Waals surface area contributed by atoms with Crippen LogP contribution in [0.1, 0.15) is 18.9 Å². The summed E-state index contributed by atoms with van der Waals surface area (Å²) < 4.78 is 25.8. The van der Waals surface area contributed by atoms with Crippen LogP contribution in [0, 0.1) is 0 Å². The van der Waals surface area contributed by atoms with Crippen LogP contribution in [0.5, 0.6) is 0 Å². The molecule has 1 aromatic rings. The van der Waals surface area contributed by atoms with Crippen LogP contribution in [0.4, 0.5) is 0 Å². The largest absolute Gasteiger partial charge is 0.393 e. The number of rotatable bonds is 8. The average molecular weight is 300 g/mol. The summed E-state index contributed by atoms with van der Waals surface area (Å²) in [4.78, 5) is 0.344. The summed E-state index contributed by atoms with van der Waals surface area (Å²) >= 11 is 4.78. The number of sulfonamides is 1. The fourth-order valence-electron chi connectivity index (χ4n) is 1.75. The molecule has 0 aliphatic carbocycles. The van der Waals surface area contributed by atoms with Crippen molar-refractivity contribution in [3.05, 3.63) is 35.9 Å². The van der Waals surface area contributed by atoms with Crippen molar-refractivity contribution < 1.29 is 8.42 Å². The summed E-state index contributed by atoms with van der Waals surface area (Å²) in [5.41, 5.74) is 6.44. The number of hydrogen-bond acceptors (Lipinski definition) is 3. The molecular weight excluding hydrogens is 280 g/mol. The van der Waals surface area contributed by atoms with Gasteiger partial charge in [-0.2, -0.15) is 0 Å². The van der Waals surface area contributed by atoms with E-state index in [0.29, 0.717) is 30.9 Å². The summed E-state index contributed by atoms with van der Waals surface area (Å²) in [5, 5.41) is 0. The Labute approximate surface area is 120 Å². The molecule has 0 atom stereocenters. The van der Waals surface area contributed by atoms with Crippen molar-refractivity contribution in [1.82, 2.24) is 4.31 Å². The molecule has 0 unspecified atom stereocenters. The standard InChI is InChI=1S/C13H20N2O2S2/c1-2-15(10-8-13(14)18)19(16,17)11-9-12-6-4-3-5-7-12/h3-7H,2,8-11H2,1H3,(H2,14,18). The lowest BCUT2D eigenvalue weighted by Crippen LogP contribution is -2.35. The zero-order chi connectivity index (χ0) is 14.3. The zero-order valence-corrected chi connectivity index (χ0v) is 12.7. The third-order valence-electron chi connectivity index (χ3n) is 2.85. The first-order chi connectivity index (χ1) is 8.95. The molecule has 2 N–H and O–H groups in total. The van der Waals surface area contributed by atoms with Crippen LogP contribution in [0.2, 0.25) is 0 Å². The molecule has 0 aromatic heterocycles. The molecule has 1 rings (SSSR count). The molecule has 4 nitrogen and oxygen atoms in total. The van der Waals surface area contributed by atoms with E-state index in [2.05, 4.69) is 0 Å². The summed E-state index contributed by atoms with van der Waals surface area (Å²) in [6.45, 7) is 2.63. The van der Waals surface area contributed by atoms with Gasteiger partial charge in [0.15, 0.2) is 0 Å². The smallest absolute Gasteiger partial charge is 0.214 e. The van der Waals surface area contributed by atoms with E-state index in [9.17, 15) is 8.42 Å². The maximum atomic E-state index is 12.2. The Balaban J connectivity index is 2.60. The van der Waals surface area contributed by atoms with Gasteiger partial charge in [-0.05, 0) is 12.0 Å². The lowest BCUT2D eigenvalue weighted by atomic mass is 10.2. The molecule has 0 fully saturated rings. The number of hydrogen-bond donors (Lipinski definition) is 1. The van der Waals surface area contributed by atoms with Crippen LogP contribution < -0.4 is 5.73 Å². The van der Waals surface area contributed by atoms with Crippen molar-refractivity contribution >= 4 is 27.2 Å². The SMILES string of the molecule is CCN(CCC(N)=S)S(=O)(=O)CCc1ccccc1. The molecule has 0 saturated carbocycles. The lowest BCUT2D eigenvalue weighted by molar-refractivity contribution is 0.437. The van der Waals surface area contributed by atoms with Gasteiger partial charge in [0.1, 0.15) is 0 Å². The molecule has 0 bridgehead atoms. The molecule has 0 aliphatic rings. The third-order valence-corrected chi connectivity index (χ3v) is 5.00. The van der Waals surface area contributed by atoms with Crippen LogP contribution in [0.3, 0.4) is 0 Å². The van der Waals surface area contributed by atoms with Gasteiger partial charge in [-0.15, -0.1) is 0 Å². The highest BCUT2D eigenvalue weighted by Crippen LogP contribution is 2.07. The van der Waals surface area contributed by atoms with Crippen LogP contribution in [-0.2, 0) is 16.4 Å². The fraction of sp³-hybridized carbons (Fsp3) is 0.462. The fourth-order valence-corrected chi connectivity index (χ4v) is 3.36. The average Bonchev–Trinajstić information content (AvgIpc) is 2.38. The Morgan fingerprint density at radius 3 is 2.47 bits per heavy atom. The summed E-state index contributed by atoms with van der Waals surface area (Å²) in [6.07, 6.45) is 0.945. The van der Waals surface area contributed by atoms with E-state index in [1.165, 1.54) is 4.31 Å². The Hall–Kier alpha value is -0.980. The van der Waals surface area contributed by atoms with Gasteiger partial charge in [0, 0.05) is 19.5 Å². The highest BCUT2D eigenvalue weighted by molar-refractivity contribution is 7.89. The van der Waals surface area contributed by atoms with Crippen molar-refractivity contribution in [2.75, 3.05) is 18.8 Å². The van der Waals surface area contributed by atoms with Gasteiger partial charge < -0.3 is 5.73 Å². The van der Waals surface area contributed by atoms with Gasteiger partial charge in [0.2, 0.25) is 10.0 Å². The van der Waals surface area contributed by atoms with Crippen molar-refractivity contribution in [2.24, 2.45) is 5.73 Å². The van der Waals surface area contributed by atoms with E-state index < -0.39 is 10.0 Å². The Bertz CT molecular complexity index is 501. The molecule has 0 amide bonds. The van der Waals surface area contributed by atoms with Gasteiger partial charge in [-0.25, -0.2) is 12.7 Å². The van der Waals surface area contributed by atoms with E-state index in [4.69, 9.17) is 18.0 Å². The second kappa shape index (κ2) is 7.57. The molecule has 0 spiro atoms. The molecule has 106 valence electrons. The molecule has 19 heavy (non-hydrogen) atoms. The van der Waals surface area contributed by atoms with Crippen LogP contribution in [0.15, 0.2) is 30.3 Å². The monoisotopic (exact) mass is 300 g/mol. The van der Waals surface area contributed by atoms with E-state index >= 15 is 0 Å². The van der Waals surface area contributed by atoms with E-state index in [-0.39, 0.29) is 5.75 Å². The van der Waals surface area contributed by atoms with Gasteiger partial charge in [-0.1, -0.05) is 49.5 Å². The van der Waals surface area contributed by atoms with Crippen molar-refractivity contribution in [3.8, 4) is 0 Å². The first-order valence-electron chi connectivity index (χ1n) is 6.25. The first kappa shape index (κ1) is 16.1. The van der Waals surface area contributed by atoms with Crippen LogP contribution in [0.25, 0.3) is 0 Å². The predicted molar refractivity (Wildman–Crippen MR) is 82.6 cm³/mol. The van der Waals surface area contributed by atoms with Crippen LogP contribution >= 0.6 is 12.2 Å². The Kier molecular flexibility index (Phi) is 6.41. The molecule has 0 saturated heterocycles. The lowest BCUT2D eigenvalue weighted by Gasteiger charge is -2.20. The van der Waals surface area contributed by atoms with Gasteiger partial charge in [0.05, 0.1) is 10.7 Å². The summed E-state index contributed by atoms with van der Waals surface area (Å²) in [5.74, 6) is 0.113. The third kappa shape index (κ3) is 5.67. The van der Waals surface area contributed by atoms with Gasteiger partial charge >= 0.3 is 0 Å². The normalized spacial score (nSPS) is 11.7. The maximum Gasteiger partial charge on any atom is 0.214 e. The highest BCUT2D eigenvalue weighted by atomic mass is 32.2. The van der Waals surface area contributed by atoms with Gasteiger partial charge in [-0.3, -0.25) is 0 Å². The first-order valence-corrected chi connectivity index (χ1v) is 8.27. The van der Waals surface area contributed by atoms with E-state index in [1.54, 1.807) is 0 Å². The summed E-state index contributed by atoms with van der Waals surface area (Å²) in [7, 11) is -3.25. The molecule has 0 heterocycles.